The molecule has 3 heteroatoms. The molecule has 2 aromatic carbocycles. The molecule has 2 nitrogen and oxygen atoms in total. The van der Waals surface area contributed by atoms with Crippen molar-refractivity contribution in [1.29, 1.82) is 0 Å². The second-order valence-corrected chi connectivity index (χ2v) is 3.93. The maximum Gasteiger partial charge on any atom is 0.123 e. The van der Waals surface area contributed by atoms with Gasteiger partial charge in [0.15, 0.2) is 0 Å². The molecule has 0 saturated heterocycles. The zero-order valence-corrected chi connectivity index (χ0v) is 9.49. The SMILES string of the molecule is Nc1cccc(NCCc2cccc(F)c2)c1. The lowest BCUT2D eigenvalue weighted by Gasteiger charge is -2.07. The lowest BCUT2D eigenvalue weighted by atomic mass is 10.1. The summed E-state index contributed by atoms with van der Waals surface area (Å²) < 4.78 is 12.9. The Morgan fingerprint density at radius 3 is 2.65 bits per heavy atom. The highest BCUT2D eigenvalue weighted by Crippen LogP contribution is 2.12. The van der Waals surface area contributed by atoms with Crippen LogP contribution in [0.2, 0.25) is 0 Å². The van der Waals surface area contributed by atoms with Crippen molar-refractivity contribution in [2.75, 3.05) is 17.6 Å². The highest BCUT2D eigenvalue weighted by Gasteiger charge is 1.96. The minimum Gasteiger partial charge on any atom is -0.399 e. The lowest BCUT2D eigenvalue weighted by molar-refractivity contribution is 0.625. The maximum absolute atomic E-state index is 12.9. The molecular formula is C14H15FN2. The number of hydrogen-bond donors (Lipinski definition) is 2. The van der Waals surface area contributed by atoms with Crippen LogP contribution in [0.4, 0.5) is 15.8 Å². The van der Waals surface area contributed by atoms with Crippen molar-refractivity contribution in [3.8, 4) is 0 Å². The van der Waals surface area contributed by atoms with Crippen molar-refractivity contribution in [3.63, 3.8) is 0 Å². The summed E-state index contributed by atoms with van der Waals surface area (Å²) in [5.41, 5.74) is 8.38. The number of rotatable bonds is 4. The van der Waals surface area contributed by atoms with Crippen LogP contribution in [0.5, 0.6) is 0 Å². The molecule has 0 saturated carbocycles. The first-order valence-corrected chi connectivity index (χ1v) is 5.58. The predicted molar refractivity (Wildman–Crippen MR) is 69.4 cm³/mol. The van der Waals surface area contributed by atoms with Crippen LogP contribution in [-0.2, 0) is 6.42 Å². The standard InChI is InChI=1S/C14H15FN2/c15-12-4-1-3-11(9-12)7-8-17-14-6-2-5-13(16)10-14/h1-6,9-10,17H,7-8,16H2. The number of hydrogen-bond acceptors (Lipinski definition) is 2. The molecule has 0 amide bonds. The van der Waals surface area contributed by atoms with Gasteiger partial charge in [-0.1, -0.05) is 18.2 Å². The Kier molecular flexibility index (Phi) is 3.60. The first kappa shape index (κ1) is 11.5. The molecule has 0 heterocycles. The molecule has 0 bridgehead atoms. The first-order chi connectivity index (χ1) is 8.24. The van der Waals surface area contributed by atoms with E-state index in [0.29, 0.717) is 0 Å². The number of anilines is 2. The van der Waals surface area contributed by atoms with Gasteiger partial charge >= 0.3 is 0 Å². The average Bonchev–Trinajstić information content (AvgIpc) is 2.29. The Morgan fingerprint density at radius 2 is 1.88 bits per heavy atom. The van der Waals surface area contributed by atoms with Crippen molar-refractivity contribution in [2.24, 2.45) is 0 Å². The summed E-state index contributed by atoms with van der Waals surface area (Å²) in [6.07, 6.45) is 0.784. The summed E-state index contributed by atoms with van der Waals surface area (Å²) in [6.45, 7) is 0.757. The van der Waals surface area contributed by atoms with Crippen LogP contribution < -0.4 is 11.1 Å². The number of nitrogens with one attached hydrogen (secondary N) is 1. The number of nitrogens with two attached hydrogens (primary N) is 1. The van der Waals surface area contributed by atoms with Gasteiger partial charge < -0.3 is 11.1 Å². The van der Waals surface area contributed by atoms with E-state index in [-0.39, 0.29) is 5.82 Å². The Balaban J connectivity index is 1.87. The second-order valence-electron chi connectivity index (χ2n) is 3.93. The molecular weight excluding hydrogens is 215 g/mol. The summed E-state index contributed by atoms with van der Waals surface area (Å²) in [5, 5.41) is 3.25. The van der Waals surface area contributed by atoms with Gasteiger partial charge in [0.05, 0.1) is 0 Å². The van der Waals surface area contributed by atoms with Crippen LogP contribution in [0.15, 0.2) is 48.5 Å². The smallest absolute Gasteiger partial charge is 0.123 e. The Morgan fingerprint density at radius 1 is 1.06 bits per heavy atom. The summed E-state index contributed by atoms with van der Waals surface area (Å²) >= 11 is 0. The van der Waals surface area contributed by atoms with Crippen LogP contribution in [0.3, 0.4) is 0 Å². The number of benzene rings is 2. The Hall–Kier alpha value is -2.03. The van der Waals surface area contributed by atoms with Crippen LogP contribution in [0.1, 0.15) is 5.56 Å². The second kappa shape index (κ2) is 5.34. The Labute approximate surface area is 100 Å². The highest BCUT2D eigenvalue weighted by molar-refractivity contribution is 5.54. The summed E-state index contributed by atoms with van der Waals surface area (Å²) in [7, 11) is 0. The molecule has 0 aliphatic rings. The van der Waals surface area contributed by atoms with Crippen molar-refractivity contribution in [3.05, 3.63) is 59.9 Å². The third kappa shape index (κ3) is 3.48. The van der Waals surface area contributed by atoms with E-state index in [1.165, 1.54) is 6.07 Å². The van der Waals surface area contributed by atoms with E-state index in [4.69, 9.17) is 5.73 Å². The molecule has 0 fully saturated rings. The van der Waals surface area contributed by atoms with E-state index in [0.717, 1.165) is 29.9 Å². The third-order valence-corrected chi connectivity index (χ3v) is 2.52. The van der Waals surface area contributed by atoms with E-state index < -0.39 is 0 Å². The molecule has 0 aliphatic heterocycles. The number of halogens is 1. The van der Waals surface area contributed by atoms with E-state index in [2.05, 4.69) is 5.32 Å². The van der Waals surface area contributed by atoms with Crippen LogP contribution in [-0.4, -0.2) is 6.54 Å². The zero-order valence-electron chi connectivity index (χ0n) is 9.49. The van der Waals surface area contributed by atoms with Gasteiger partial charge in [-0.2, -0.15) is 0 Å². The molecule has 0 spiro atoms. The molecule has 0 atom stereocenters. The fourth-order valence-electron chi connectivity index (χ4n) is 1.69. The van der Waals surface area contributed by atoms with Gasteiger partial charge in [0, 0.05) is 17.9 Å². The molecule has 0 aliphatic carbocycles. The quantitative estimate of drug-likeness (QED) is 0.792. The van der Waals surface area contributed by atoms with E-state index in [1.807, 2.05) is 30.3 Å². The first-order valence-electron chi connectivity index (χ1n) is 5.58. The normalized spacial score (nSPS) is 10.2. The topological polar surface area (TPSA) is 38.0 Å². The molecule has 88 valence electrons. The monoisotopic (exact) mass is 230 g/mol. The van der Waals surface area contributed by atoms with Crippen molar-refractivity contribution in [1.82, 2.24) is 0 Å². The fourth-order valence-corrected chi connectivity index (χ4v) is 1.69. The Bertz CT molecular complexity index is 452. The van der Waals surface area contributed by atoms with Gasteiger partial charge in [-0.25, -0.2) is 4.39 Å². The molecule has 2 aromatic rings. The van der Waals surface area contributed by atoms with Crippen molar-refractivity contribution < 1.29 is 4.39 Å². The van der Waals surface area contributed by atoms with E-state index in [9.17, 15) is 4.39 Å². The van der Waals surface area contributed by atoms with Gasteiger partial charge in [0.2, 0.25) is 0 Å². The highest BCUT2D eigenvalue weighted by atomic mass is 19.1. The molecule has 0 aromatic heterocycles. The fraction of sp³-hybridized carbons (Fsp3) is 0.143. The summed E-state index contributed by atoms with van der Waals surface area (Å²) in [5.74, 6) is -0.188. The largest absolute Gasteiger partial charge is 0.399 e. The summed E-state index contributed by atoms with van der Waals surface area (Å²) in [4.78, 5) is 0. The van der Waals surface area contributed by atoms with Gasteiger partial charge in [0.25, 0.3) is 0 Å². The molecule has 3 N–H and O–H groups in total. The van der Waals surface area contributed by atoms with E-state index in [1.54, 1.807) is 12.1 Å². The van der Waals surface area contributed by atoms with Gasteiger partial charge in [-0.15, -0.1) is 0 Å². The van der Waals surface area contributed by atoms with Crippen LogP contribution in [0.25, 0.3) is 0 Å². The maximum atomic E-state index is 12.9. The van der Waals surface area contributed by atoms with Gasteiger partial charge in [0.1, 0.15) is 5.82 Å². The third-order valence-electron chi connectivity index (χ3n) is 2.52. The van der Waals surface area contributed by atoms with Crippen LogP contribution in [0, 0.1) is 5.82 Å². The molecule has 2 rings (SSSR count). The summed E-state index contributed by atoms with van der Waals surface area (Å²) in [6, 6.07) is 14.2. The van der Waals surface area contributed by atoms with E-state index >= 15 is 0 Å². The molecule has 17 heavy (non-hydrogen) atoms. The lowest BCUT2D eigenvalue weighted by Crippen LogP contribution is -2.05. The van der Waals surface area contributed by atoms with Gasteiger partial charge in [-0.3, -0.25) is 0 Å². The number of nitrogen functional groups attached to an aromatic ring is 1. The molecule has 0 unspecified atom stereocenters. The molecule has 0 radical (unpaired) electrons. The zero-order chi connectivity index (χ0) is 12.1. The minimum atomic E-state index is -0.188. The predicted octanol–water partition coefficient (Wildman–Crippen LogP) is 3.06. The van der Waals surface area contributed by atoms with Gasteiger partial charge in [-0.05, 0) is 42.3 Å². The average molecular weight is 230 g/mol. The minimum absolute atomic E-state index is 0.188. The van der Waals surface area contributed by atoms with Crippen molar-refractivity contribution >= 4 is 11.4 Å². The van der Waals surface area contributed by atoms with Crippen LogP contribution >= 0.6 is 0 Å². The van der Waals surface area contributed by atoms with Crippen molar-refractivity contribution in [2.45, 2.75) is 6.42 Å².